The molecule has 5 rings (SSSR count). The number of anilines is 1. The lowest BCUT2D eigenvalue weighted by Gasteiger charge is -2.05. The lowest BCUT2D eigenvalue weighted by Crippen LogP contribution is -2.12. The van der Waals surface area contributed by atoms with Crippen molar-refractivity contribution >= 4 is 11.6 Å². The average molecular weight is 413 g/mol. The molecule has 1 amide bonds. The fourth-order valence-electron chi connectivity index (χ4n) is 3.40. The molecule has 1 fully saturated rings. The fraction of sp³-hybridized carbons (Fsp3) is 0.250. The molecule has 2 heterocycles. The van der Waals surface area contributed by atoms with E-state index in [-0.39, 0.29) is 12.3 Å². The van der Waals surface area contributed by atoms with Gasteiger partial charge in [-0.05, 0) is 31.9 Å². The number of hydrogen-bond donors (Lipinski definition) is 2. The number of aromatic nitrogens is 4. The van der Waals surface area contributed by atoms with Gasteiger partial charge in [-0.15, -0.1) is 0 Å². The zero-order valence-electron chi connectivity index (χ0n) is 17.3. The van der Waals surface area contributed by atoms with Gasteiger partial charge < -0.3 is 9.73 Å². The molecule has 0 radical (unpaired) electrons. The summed E-state index contributed by atoms with van der Waals surface area (Å²) in [7, 11) is 0. The van der Waals surface area contributed by atoms with Gasteiger partial charge in [0.25, 0.3) is 0 Å². The van der Waals surface area contributed by atoms with E-state index in [2.05, 4.69) is 25.5 Å². The maximum atomic E-state index is 12.4. The first-order chi connectivity index (χ1) is 15.1. The number of benzene rings is 2. The Morgan fingerprint density at radius 3 is 2.81 bits per heavy atom. The van der Waals surface area contributed by atoms with E-state index in [0.29, 0.717) is 35.5 Å². The zero-order valence-corrected chi connectivity index (χ0v) is 17.3. The average Bonchev–Trinajstić information content (AvgIpc) is 3.32. The van der Waals surface area contributed by atoms with Gasteiger partial charge in [-0.25, -0.2) is 9.97 Å². The number of carbonyl (C=O) groups is 1. The Kier molecular flexibility index (Phi) is 5.08. The molecule has 0 spiro atoms. The number of aryl methyl sites for hydroxylation is 2. The van der Waals surface area contributed by atoms with Crippen molar-refractivity contribution in [2.24, 2.45) is 0 Å². The van der Waals surface area contributed by atoms with Crippen molar-refractivity contribution in [3.05, 3.63) is 72.0 Å². The second-order valence-electron chi connectivity index (χ2n) is 7.93. The van der Waals surface area contributed by atoms with E-state index >= 15 is 0 Å². The molecule has 156 valence electrons. The van der Waals surface area contributed by atoms with Crippen LogP contribution in [0, 0.1) is 6.92 Å². The minimum atomic E-state index is -0.0964. The first kappa shape index (κ1) is 19.2. The highest BCUT2D eigenvalue weighted by molar-refractivity contribution is 5.91. The van der Waals surface area contributed by atoms with Crippen LogP contribution in [0.25, 0.3) is 22.7 Å². The molecule has 4 aromatic rings. The van der Waals surface area contributed by atoms with Gasteiger partial charge in [-0.2, -0.15) is 5.10 Å². The molecule has 1 aliphatic carbocycles. The molecule has 7 heteroatoms. The van der Waals surface area contributed by atoms with E-state index in [0.717, 1.165) is 17.0 Å². The minimum absolute atomic E-state index is 0.0964. The number of nitrogens with one attached hydrogen (secondary N) is 2. The third-order valence-corrected chi connectivity index (χ3v) is 5.33. The van der Waals surface area contributed by atoms with Crippen molar-refractivity contribution in [1.29, 1.82) is 0 Å². The molecule has 2 N–H and O–H groups in total. The van der Waals surface area contributed by atoms with Gasteiger partial charge in [-0.1, -0.05) is 42.0 Å². The van der Waals surface area contributed by atoms with Gasteiger partial charge in [0.05, 0.1) is 6.20 Å². The summed E-state index contributed by atoms with van der Waals surface area (Å²) in [5, 5.41) is 10.3. The van der Waals surface area contributed by atoms with Crippen molar-refractivity contribution in [3.63, 3.8) is 0 Å². The topological polar surface area (TPSA) is 96.7 Å². The third kappa shape index (κ3) is 4.55. The van der Waals surface area contributed by atoms with Crippen molar-refractivity contribution in [3.8, 4) is 22.7 Å². The second-order valence-corrected chi connectivity index (χ2v) is 7.93. The Morgan fingerprint density at radius 2 is 2.00 bits per heavy atom. The van der Waals surface area contributed by atoms with Crippen LogP contribution in [0.1, 0.15) is 42.5 Å². The van der Waals surface area contributed by atoms with E-state index < -0.39 is 0 Å². The van der Waals surface area contributed by atoms with Crippen LogP contribution in [0.5, 0.6) is 0 Å². The highest BCUT2D eigenvalue weighted by Crippen LogP contribution is 2.38. The van der Waals surface area contributed by atoms with Crippen LogP contribution >= 0.6 is 0 Å². The number of carbonyl (C=O) groups excluding carboxylic acids is 1. The summed E-state index contributed by atoms with van der Waals surface area (Å²) in [4.78, 5) is 21.3. The normalized spacial score (nSPS) is 13.3. The molecule has 0 atom stereocenters. The van der Waals surface area contributed by atoms with Crippen molar-refractivity contribution in [1.82, 2.24) is 20.2 Å². The lowest BCUT2D eigenvalue weighted by atomic mass is 10.1. The molecule has 31 heavy (non-hydrogen) atoms. The quantitative estimate of drug-likeness (QED) is 0.450. The zero-order chi connectivity index (χ0) is 21.2. The summed E-state index contributed by atoms with van der Waals surface area (Å²) in [6.07, 6.45) is 4.76. The number of nitrogens with zero attached hydrogens (tertiary/aromatic N) is 3. The van der Waals surface area contributed by atoms with E-state index in [9.17, 15) is 4.79 Å². The number of aromatic amines is 1. The van der Waals surface area contributed by atoms with Crippen molar-refractivity contribution in [2.45, 2.75) is 38.5 Å². The number of rotatable bonds is 7. The molecule has 2 aromatic carbocycles. The predicted octanol–water partition coefficient (Wildman–Crippen LogP) is 4.88. The standard InChI is InChI=1S/C24H23N5O2/c1-15-5-7-16(8-6-15)20-14-25-22(31-20)12-11-21(30)26-19-4-2-3-18(13-19)24-27-23(28-29-24)17-9-10-17/h2-8,13-14,17H,9-12H2,1H3,(H,26,30)(H,27,28,29). The lowest BCUT2D eigenvalue weighted by molar-refractivity contribution is -0.116. The van der Waals surface area contributed by atoms with Gasteiger partial charge in [-0.3, -0.25) is 9.89 Å². The molecule has 0 bridgehead atoms. The highest BCUT2D eigenvalue weighted by Gasteiger charge is 2.27. The predicted molar refractivity (Wildman–Crippen MR) is 117 cm³/mol. The van der Waals surface area contributed by atoms with E-state index in [1.54, 1.807) is 6.20 Å². The molecule has 1 aliphatic rings. The smallest absolute Gasteiger partial charge is 0.224 e. The summed E-state index contributed by atoms with van der Waals surface area (Å²) < 4.78 is 5.80. The first-order valence-electron chi connectivity index (χ1n) is 10.5. The fourth-order valence-corrected chi connectivity index (χ4v) is 3.40. The van der Waals surface area contributed by atoms with E-state index in [4.69, 9.17) is 4.42 Å². The van der Waals surface area contributed by atoms with Gasteiger partial charge >= 0.3 is 0 Å². The molecule has 1 saturated carbocycles. The molecule has 0 aliphatic heterocycles. The molecule has 2 aromatic heterocycles. The molecule has 7 nitrogen and oxygen atoms in total. The Bertz CT molecular complexity index is 1200. The number of H-pyrrole nitrogens is 1. The van der Waals surface area contributed by atoms with Crippen LogP contribution in [0.3, 0.4) is 0 Å². The number of hydrogen-bond acceptors (Lipinski definition) is 5. The number of amides is 1. The third-order valence-electron chi connectivity index (χ3n) is 5.33. The summed E-state index contributed by atoms with van der Waals surface area (Å²) >= 11 is 0. The summed E-state index contributed by atoms with van der Waals surface area (Å²) in [5.74, 6) is 3.28. The van der Waals surface area contributed by atoms with Gasteiger partial charge in [0.1, 0.15) is 5.82 Å². The van der Waals surface area contributed by atoms with Crippen molar-refractivity contribution < 1.29 is 9.21 Å². The van der Waals surface area contributed by atoms with Crippen LogP contribution in [-0.2, 0) is 11.2 Å². The monoisotopic (exact) mass is 413 g/mol. The minimum Gasteiger partial charge on any atom is -0.441 e. The van der Waals surface area contributed by atoms with Crippen LogP contribution in [0.2, 0.25) is 0 Å². The van der Waals surface area contributed by atoms with Gasteiger partial charge in [0.15, 0.2) is 17.5 Å². The SMILES string of the molecule is Cc1ccc(-c2cnc(CCC(=O)Nc3cccc(-c4n[nH]c(C5CC5)n4)c3)o2)cc1. The Labute approximate surface area is 179 Å². The maximum Gasteiger partial charge on any atom is 0.224 e. The van der Waals surface area contributed by atoms with Crippen molar-refractivity contribution in [2.75, 3.05) is 5.32 Å². The van der Waals surface area contributed by atoms with E-state index in [1.165, 1.54) is 18.4 Å². The molecule has 0 saturated heterocycles. The van der Waals surface area contributed by atoms with Crippen LogP contribution in [0.4, 0.5) is 5.69 Å². The maximum absolute atomic E-state index is 12.4. The number of oxazole rings is 1. The first-order valence-corrected chi connectivity index (χ1v) is 10.5. The highest BCUT2D eigenvalue weighted by atomic mass is 16.4. The van der Waals surface area contributed by atoms with Gasteiger partial charge in [0, 0.05) is 35.6 Å². The Balaban J connectivity index is 1.18. The molecule has 0 unspecified atom stereocenters. The Morgan fingerprint density at radius 1 is 1.16 bits per heavy atom. The largest absolute Gasteiger partial charge is 0.441 e. The summed E-state index contributed by atoms with van der Waals surface area (Å²) in [6.45, 7) is 2.04. The van der Waals surface area contributed by atoms with Crippen LogP contribution < -0.4 is 5.32 Å². The van der Waals surface area contributed by atoms with Crippen LogP contribution in [0.15, 0.2) is 59.1 Å². The van der Waals surface area contributed by atoms with E-state index in [1.807, 2.05) is 55.5 Å². The molecular weight excluding hydrogens is 390 g/mol. The van der Waals surface area contributed by atoms with Crippen LogP contribution in [-0.4, -0.2) is 26.1 Å². The molecular formula is C24H23N5O2. The second kappa shape index (κ2) is 8.18. The Hall–Kier alpha value is -3.74. The summed E-state index contributed by atoms with van der Waals surface area (Å²) in [5.41, 5.74) is 3.75. The van der Waals surface area contributed by atoms with Gasteiger partial charge in [0.2, 0.25) is 5.91 Å². The summed E-state index contributed by atoms with van der Waals surface area (Å²) in [6, 6.07) is 15.6.